The highest BCUT2D eigenvalue weighted by molar-refractivity contribution is 5.66. The van der Waals surface area contributed by atoms with E-state index in [-0.39, 0.29) is 0 Å². The van der Waals surface area contributed by atoms with Crippen LogP contribution in [-0.2, 0) is 4.79 Å². The molecule has 0 unspecified atom stereocenters. The van der Waals surface area contributed by atoms with Crippen molar-refractivity contribution in [2.45, 2.75) is 65.7 Å². The summed E-state index contributed by atoms with van der Waals surface area (Å²) in [5, 5.41) is 9.03. The van der Waals surface area contributed by atoms with Gasteiger partial charge in [-0.3, -0.25) is 4.79 Å². The van der Waals surface area contributed by atoms with Gasteiger partial charge in [0.15, 0.2) is 0 Å². The van der Waals surface area contributed by atoms with Gasteiger partial charge in [0.1, 0.15) is 0 Å². The first-order valence-electron chi connectivity index (χ1n) is 8.08. The fourth-order valence-corrected chi connectivity index (χ4v) is 6.39. The molecule has 3 rings (SSSR count). The van der Waals surface area contributed by atoms with Crippen molar-refractivity contribution in [3.05, 3.63) is 0 Å². The summed E-state index contributed by atoms with van der Waals surface area (Å²) in [6.07, 6.45) is 8.09. The summed E-state index contributed by atoms with van der Waals surface area (Å²) in [5.74, 6) is 2.60. The lowest BCUT2D eigenvalue weighted by molar-refractivity contribution is -0.137. The van der Waals surface area contributed by atoms with Crippen LogP contribution in [0.3, 0.4) is 0 Å². The van der Waals surface area contributed by atoms with Crippen molar-refractivity contribution in [1.29, 1.82) is 0 Å². The molecular weight excluding hydrogens is 236 g/mol. The second-order valence-corrected chi connectivity index (χ2v) is 8.26. The Morgan fingerprint density at radius 1 is 1.21 bits per heavy atom. The lowest BCUT2D eigenvalue weighted by Gasteiger charge is -2.41. The van der Waals surface area contributed by atoms with E-state index in [0.29, 0.717) is 23.2 Å². The maximum absolute atomic E-state index is 11.0. The zero-order valence-electron chi connectivity index (χ0n) is 12.6. The Kier molecular flexibility index (Phi) is 3.00. The number of hydrogen-bond donors (Lipinski definition) is 1. The van der Waals surface area contributed by atoms with E-state index < -0.39 is 5.97 Å². The van der Waals surface area contributed by atoms with Gasteiger partial charge in [0.05, 0.1) is 0 Å². The lowest BCUT2D eigenvalue weighted by Crippen LogP contribution is -2.34. The third kappa shape index (κ3) is 1.86. The van der Waals surface area contributed by atoms with Crippen molar-refractivity contribution in [3.63, 3.8) is 0 Å². The van der Waals surface area contributed by atoms with E-state index in [2.05, 4.69) is 20.8 Å². The van der Waals surface area contributed by atoms with Gasteiger partial charge in [0, 0.05) is 6.42 Å². The molecule has 0 amide bonds. The van der Waals surface area contributed by atoms with Gasteiger partial charge in [0.2, 0.25) is 0 Å². The first-order chi connectivity index (χ1) is 8.86. The zero-order chi connectivity index (χ0) is 13.8. The van der Waals surface area contributed by atoms with E-state index in [0.717, 1.165) is 24.2 Å². The third-order valence-corrected chi connectivity index (χ3v) is 7.02. The molecule has 0 aromatic rings. The largest absolute Gasteiger partial charge is 0.481 e. The Bertz CT molecular complexity index is 387. The molecule has 0 aromatic carbocycles. The summed E-state index contributed by atoms with van der Waals surface area (Å²) >= 11 is 0. The predicted molar refractivity (Wildman–Crippen MR) is 75.8 cm³/mol. The maximum Gasteiger partial charge on any atom is 0.303 e. The van der Waals surface area contributed by atoms with Crippen molar-refractivity contribution in [2.24, 2.45) is 34.5 Å². The number of rotatable bonds is 3. The molecule has 108 valence electrons. The summed E-state index contributed by atoms with van der Waals surface area (Å²) in [4.78, 5) is 11.0. The molecule has 0 aromatic heterocycles. The molecular formula is C17H28O2. The summed E-state index contributed by atoms with van der Waals surface area (Å²) in [5.41, 5.74) is 0.915. The highest BCUT2D eigenvalue weighted by Crippen LogP contribution is 2.71. The molecule has 0 spiro atoms. The maximum atomic E-state index is 11.0. The summed E-state index contributed by atoms with van der Waals surface area (Å²) in [6.45, 7) is 7.42. The number of carboxylic acids is 1. The zero-order valence-corrected chi connectivity index (χ0v) is 12.6. The molecule has 3 aliphatic carbocycles. The Hall–Kier alpha value is -0.530. The average Bonchev–Trinajstić information content (AvgIpc) is 2.78. The molecule has 3 aliphatic rings. The second-order valence-electron chi connectivity index (χ2n) is 8.26. The Morgan fingerprint density at radius 2 is 1.95 bits per heavy atom. The van der Waals surface area contributed by atoms with Crippen LogP contribution in [0, 0.1) is 34.5 Å². The highest BCUT2D eigenvalue weighted by Gasteiger charge is 2.64. The minimum absolute atomic E-state index is 0.372. The van der Waals surface area contributed by atoms with Crippen LogP contribution in [0.15, 0.2) is 0 Å². The van der Waals surface area contributed by atoms with E-state index in [9.17, 15) is 4.79 Å². The minimum Gasteiger partial charge on any atom is -0.481 e. The fraction of sp³-hybridized carbons (Fsp3) is 0.941. The number of aliphatic carboxylic acids is 1. The molecule has 0 radical (unpaired) electrons. The number of carbonyl (C=O) groups is 1. The summed E-state index contributed by atoms with van der Waals surface area (Å²) in [7, 11) is 0. The fourth-order valence-electron chi connectivity index (χ4n) is 6.39. The van der Waals surface area contributed by atoms with Crippen LogP contribution in [0.25, 0.3) is 0 Å². The van der Waals surface area contributed by atoms with Crippen LogP contribution in [0.5, 0.6) is 0 Å². The van der Waals surface area contributed by atoms with Gasteiger partial charge in [-0.2, -0.15) is 0 Å². The number of carboxylic acid groups (broad SMARTS) is 1. The van der Waals surface area contributed by atoms with Gasteiger partial charge in [-0.15, -0.1) is 0 Å². The number of hydrogen-bond acceptors (Lipinski definition) is 1. The van der Waals surface area contributed by atoms with Crippen molar-refractivity contribution >= 4 is 5.97 Å². The lowest BCUT2D eigenvalue weighted by atomic mass is 9.63. The third-order valence-electron chi connectivity index (χ3n) is 7.02. The SMILES string of the molecule is CC1(C)CCC[C@@]2(C)[C@@H]3CC[C@@H]([C@@H]31)[C@@H]2CCC(=O)O. The Balaban J connectivity index is 1.90. The Morgan fingerprint density at radius 3 is 2.63 bits per heavy atom. The molecule has 2 heteroatoms. The van der Waals surface area contributed by atoms with E-state index in [1.807, 2.05) is 0 Å². The topological polar surface area (TPSA) is 37.3 Å². The van der Waals surface area contributed by atoms with Gasteiger partial charge in [0.25, 0.3) is 0 Å². The van der Waals surface area contributed by atoms with Crippen LogP contribution >= 0.6 is 0 Å². The van der Waals surface area contributed by atoms with E-state index in [1.165, 1.54) is 32.1 Å². The van der Waals surface area contributed by atoms with Gasteiger partial charge in [-0.05, 0) is 66.6 Å². The normalized spacial score (nSPS) is 47.1. The van der Waals surface area contributed by atoms with E-state index in [4.69, 9.17) is 5.11 Å². The second kappa shape index (κ2) is 4.23. The standard InChI is InChI=1S/C17H28O2/c1-16(2)9-4-10-17(3)12(7-8-14(18)19)11-5-6-13(17)15(11)16/h11-13,15H,4-10H2,1-3H3,(H,18,19)/t11-,12+,13-,15+,17-/m1/s1. The molecule has 3 fully saturated rings. The highest BCUT2D eigenvalue weighted by atomic mass is 16.4. The predicted octanol–water partition coefficient (Wildman–Crippen LogP) is 4.34. The Labute approximate surface area is 117 Å². The molecule has 1 N–H and O–H groups in total. The molecule has 19 heavy (non-hydrogen) atoms. The smallest absolute Gasteiger partial charge is 0.303 e. The van der Waals surface area contributed by atoms with Gasteiger partial charge in [-0.25, -0.2) is 0 Å². The molecule has 3 saturated carbocycles. The monoisotopic (exact) mass is 264 g/mol. The molecule has 0 heterocycles. The van der Waals surface area contributed by atoms with Gasteiger partial charge < -0.3 is 5.11 Å². The quantitative estimate of drug-likeness (QED) is 0.823. The first-order valence-corrected chi connectivity index (χ1v) is 8.08. The molecule has 0 saturated heterocycles. The average molecular weight is 264 g/mol. The van der Waals surface area contributed by atoms with Crippen molar-refractivity contribution in [1.82, 2.24) is 0 Å². The first kappa shape index (κ1) is 13.5. The van der Waals surface area contributed by atoms with Crippen molar-refractivity contribution in [2.75, 3.05) is 0 Å². The van der Waals surface area contributed by atoms with Gasteiger partial charge in [-0.1, -0.05) is 27.2 Å². The van der Waals surface area contributed by atoms with Gasteiger partial charge >= 0.3 is 5.97 Å². The van der Waals surface area contributed by atoms with Crippen molar-refractivity contribution < 1.29 is 9.90 Å². The van der Waals surface area contributed by atoms with Crippen molar-refractivity contribution in [3.8, 4) is 0 Å². The van der Waals surface area contributed by atoms with E-state index in [1.54, 1.807) is 0 Å². The summed E-state index contributed by atoms with van der Waals surface area (Å²) < 4.78 is 0. The molecule has 4 bridgehead atoms. The molecule has 5 atom stereocenters. The minimum atomic E-state index is -0.613. The van der Waals surface area contributed by atoms with Crippen LogP contribution in [0.1, 0.15) is 65.7 Å². The van der Waals surface area contributed by atoms with E-state index >= 15 is 0 Å². The van der Waals surface area contributed by atoms with Crippen LogP contribution in [0.2, 0.25) is 0 Å². The van der Waals surface area contributed by atoms with Crippen LogP contribution in [-0.4, -0.2) is 11.1 Å². The molecule has 0 aliphatic heterocycles. The van der Waals surface area contributed by atoms with Crippen LogP contribution < -0.4 is 0 Å². The summed E-state index contributed by atoms with van der Waals surface area (Å²) in [6, 6.07) is 0. The molecule has 2 nitrogen and oxygen atoms in total. The van der Waals surface area contributed by atoms with Crippen LogP contribution in [0.4, 0.5) is 0 Å².